The van der Waals surface area contributed by atoms with Crippen molar-refractivity contribution in [3.05, 3.63) is 11.6 Å². The Morgan fingerprint density at radius 2 is 1.47 bits per heavy atom. The van der Waals surface area contributed by atoms with E-state index in [0.29, 0.717) is 30.1 Å². The molecule has 4 rings (SSSR count). The predicted octanol–water partition coefficient (Wildman–Crippen LogP) is 8.51. The summed E-state index contributed by atoms with van der Waals surface area (Å²) < 4.78 is 0. The van der Waals surface area contributed by atoms with Crippen molar-refractivity contribution in [3.8, 4) is 0 Å². The van der Waals surface area contributed by atoms with Crippen molar-refractivity contribution in [2.75, 3.05) is 18.1 Å². The van der Waals surface area contributed by atoms with E-state index in [0.717, 1.165) is 44.4 Å². The van der Waals surface area contributed by atoms with Crippen LogP contribution in [0.2, 0.25) is 0 Å². The number of thioether (sulfide) groups is 1. The third-order valence-electron chi connectivity index (χ3n) is 12.0. The molecule has 4 aliphatic carbocycles. The number of hydrogen-bond donors (Lipinski definition) is 2. The summed E-state index contributed by atoms with van der Waals surface area (Å²) in [7, 11) is 0. The van der Waals surface area contributed by atoms with E-state index in [1.165, 1.54) is 94.1 Å². The summed E-state index contributed by atoms with van der Waals surface area (Å²) in [5.74, 6) is 5.67. The number of rotatable bonds is 15. The lowest BCUT2D eigenvalue weighted by Gasteiger charge is -2.61. The number of aliphatic hydroxyl groups excluding tert-OH is 1. The highest BCUT2D eigenvalue weighted by Crippen LogP contribution is 2.69. The Morgan fingerprint density at radius 3 is 2.18 bits per heavy atom. The number of carbonyl (C=O) groups excluding carboxylic acids is 1. The van der Waals surface area contributed by atoms with Crippen LogP contribution in [-0.4, -0.2) is 39.7 Å². The van der Waals surface area contributed by atoms with Gasteiger partial charge < -0.3 is 10.2 Å². The van der Waals surface area contributed by atoms with E-state index < -0.39 is 5.60 Å². The molecular formula is C34H58O3S. The van der Waals surface area contributed by atoms with E-state index in [2.05, 4.69) is 38.6 Å². The topological polar surface area (TPSA) is 57.5 Å². The van der Waals surface area contributed by atoms with Gasteiger partial charge in [-0.2, -0.15) is 11.8 Å². The van der Waals surface area contributed by atoms with E-state index in [-0.39, 0.29) is 10.8 Å². The molecule has 0 spiro atoms. The summed E-state index contributed by atoms with van der Waals surface area (Å²) in [6, 6.07) is 0. The molecule has 218 valence electrons. The van der Waals surface area contributed by atoms with Crippen LogP contribution in [0.1, 0.15) is 136 Å². The zero-order valence-electron chi connectivity index (χ0n) is 24.9. The Morgan fingerprint density at radius 1 is 0.842 bits per heavy atom. The summed E-state index contributed by atoms with van der Waals surface area (Å²) in [5, 5.41) is 20.2. The van der Waals surface area contributed by atoms with Gasteiger partial charge in [-0.25, -0.2) is 0 Å². The average Bonchev–Trinajstić information content (AvgIpc) is 3.13. The van der Waals surface area contributed by atoms with Gasteiger partial charge in [0.15, 0.2) is 5.78 Å². The molecular weight excluding hydrogens is 488 g/mol. The maximum atomic E-state index is 12.4. The monoisotopic (exact) mass is 546 g/mol. The summed E-state index contributed by atoms with van der Waals surface area (Å²) in [4.78, 5) is 12.4. The third kappa shape index (κ3) is 6.59. The summed E-state index contributed by atoms with van der Waals surface area (Å²) >= 11 is 2.09. The molecule has 38 heavy (non-hydrogen) atoms. The van der Waals surface area contributed by atoms with Crippen molar-refractivity contribution in [2.45, 2.75) is 142 Å². The van der Waals surface area contributed by atoms with Gasteiger partial charge in [-0.15, -0.1) is 0 Å². The normalized spacial score (nSPS) is 38.4. The smallest absolute Gasteiger partial charge is 0.155 e. The Balaban J connectivity index is 1.24. The minimum Gasteiger partial charge on any atom is -0.396 e. The number of unbranched alkanes of at least 4 members (excludes halogenated alkanes) is 8. The van der Waals surface area contributed by atoms with Gasteiger partial charge in [-0.1, -0.05) is 64.4 Å². The van der Waals surface area contributed by atoms with E-state index >= 15 is 0 Å². The molecule has 2 N–H and O–H groups in total. The summed E-state index contributed by atoms with van der Waals surface area (Å²) in [6.45, 7) is 7.36. The van der Waals surface area contributed by atoms with Crippen LogP contribution < -0.4 is 0 Å². The number of aliphatic hydroxyl groups is 2. The van der Waals surface area contributed by atoms with Crippen LogP contribution in [0, 0.1) is 34.5 Å². The van der Waals surface area contributed by atoms with Gasteiger partial charge >= 0.3 is 0 Å². The average molecular weight is 547 g/mol. The van der Waals surface area contributed by atoms with Crippen LogP contribution >= 0.6 is 11.8 Å². The standard InChI is InChI=1S/C34H58O3S/c1-32-18-15-28(36)25-27(32)24-26(31-29(32)16-19-33(2)30(31)17-20-34(33,3)37)14-10-7-5-4-6-8-12-22-38-23-13-9-11-21-35/h25-26,29-31,35,37H,4-24H2,1-3H3/t26-,29?,30?,31?,32+,33+,34+/m1/s1. The molecule has 0 saturated heterocycles. The molecule has 3 fully saturated rings. The molecule has 0 aromatic heterocycles. The minimum atomic E-state index is -0.523. The molecule has 7 atom stereocenters. The first-order valence-electron chi connectivity index (χ1n) is 16.4. The first-order chi connectivity index (χ1) is 18.2. The second-order valence-electron chi connectivity index (χ2n) is 14.2. The third-order valence-corrected chi connectivity index (χ3v) is 13.2. The van der Waals surface area contributed by atoms with E-state index in [1.807, 2.05) is 0 Å². The number of hydrogen-bond acceptors (Lipinski definition) is 4. The van der Waals surface area contributed by atoms with E-state index in [4.69, 9.17) is 5.11 Å². The molecule has 0 heterocycles. The van der Waals surface area contributed by atoms with Crippen molar-refractivity contribution in [1.82, 2.24) is 0 Å². The van der Waals surface area contributed by atoms with Gasteiger partial charge in [0.25, 0.3) is 0 Å². The first kappa shape index (κ1) is 30.6. The maximum absolute atomic E-state index is 12.4. The molecule has 0 aromatic carbocycles. The molecule has 4 aliphatic rings. The molecule has 0 aromatic rings. The fourth-order valence-electron chi connectivity index (χ4n) is 9.33. The van der Waals surface area contributed by atoms with Crippen molar-refractivity contribution in [1.29, 1.82) is 0 Å². The Labute approximate surface area is 238 Å². The van der Waals surface area contributed by atoms with Crippen LogP contribution in [-0.2, 0) is 4.79 Å². The molecule has 0 amide bonds. The largest absolute Gasteiger partial charge is 0.396 e. The van der Waals surface area contributed by atoms with Crippen LogP contribution in [0.15, 0.2) is 11.6 Å². The van der Waals surface area contributed by atoms with Crippen LogP contribution in [0.25, 0.3) is 0 Å². The van der Waals surface area contributed by atoms with E-state index in [1.54, 1.807) is 0 Å². The lowest BCUT2D eigenvalue weighted by Crippen LogP contribution is -2.56. The molecule has 0 aliphatic heterocycles. The van der Waals surface area contributed by atoms with Gasteiger partial charge in [-0.05, 0) is 123 Å². The molecule has 0 radical (unpaired) electrons. The zero-order valence-corrected chi connectivity index (χ0v) is 25.8. The first-order valence-corrected chi connectivity index (χ1v) is 17.5. The molecule has 3 unspecified atom stereocenters. The van der Waals surface area contributed by atoms with Gasteiger partial charge in [0.2, 0.25) is 0 Å². The summed E-state index contributed by atoms with van der Waals surface area (Å²) in [6.07, 6.45) is 23.7. The van der Waals surface area contributed by atoms with Crippen molar-refractivity contribution < 1.29 is 15.0 Å². The molecule has 3 saturated carbocycles. The zero-order chi connectivity index (χ0) is 27.2. The number of ketones is 1. The maximum Gasteiger partial charge on any atom is 0.155 e. The second-order valence-corrected chi connectivity index (χ2v) is 15.5. The van der Waals surface area contributed by atoms with Crippen LogP contribution in [0.5, 0.6) is 0 Å². The van der Waals surface area contributed by atoms with Gasteiger partial charge in [0.05, 0.1) is 5.60 Å². The van der Waals surface area contributed by atoms with Crippen LogP contribution in [0.3, 0.4) is 0 Å². The van der Waals surface area contributed by atoms with E-state index in [9.17, 15) is 9.90 Å². The quantitative estimate of drug-likeness (QED) is 0.202. The Hall–Kier alpha value is -0.320. The highest BCUT2D eigenvalue weighted by molar-refractivity contribution is 7.99. The number of carbonyl (C=O) groups is 1. The number of fused-ring (bicyclic) bond motifs is 5. The highest BCUT2D eigenvalue weighted by Gasteiger charge is 2.64. The summed E-state index contributed by atoms with van der Waals surface area (Å²) in [5.41, 5.74) is 1.24. The Bertz CT molecular complexity index is 806. The molecule has 3 nitrogen and oxygen atoms in total. The lowest BCUT2D eigenvalue weighted by atomic mass is 9.44. The van der Waals surface area contributed by atoms with Crippen molar-refractivity contribution in [2.24, 2.45) is 34.5 Å². The van der Waals surface area contributed by atoms with Crippen LogP contribution in [0.4, 0.5) is 0 Å². The number of allylic oxidation sites excluding steroid dienone is 1. The van der Waals surface area contributed by atoms with Gasteiger partial charge in [0, 0.05) is 13.0 Å². The predicted molar refractivity (Wildman–Crippen MR) is 161 cm³/mol. The van der Waals surface area contributed by atoms with Crippen molar-refractivity contribution >= 4 is 17.5 Å². The molecule has 4 heteroatoms. The minimum absolute atomic E-state index is 0.0617. The highest BCUT2D eigenvalue weighted by atomic mass is 32.2. The van der Waals surface area contributed by atoms with Crippen molar-refractivity contribution in [3.63, 3.8) is 0 Å². The van der Waals surface area contributed by atoms with Gasteiger partial charge in [0.1, 0.15) is 0 Å². The fourth-order valence-corrected chi connectivity index (χ4v) is 10.4. The van der Waals surface area contributed by atoms with Gasteiger partial charge in [-0.3, -0.25) is 4.79 Å². The SMILES string of the molecule is C[C@]12CCC(=O)C=C1C[C@@H](CCCCCCCCCSCCCCCO)C1C2CC[C@@]2(C)C1CC[C@]2(C)O. The second kappa shape index (κ2) is 13.6. The fraction of sp³-hybridized carbons (Fsp3) is 0.912. The Kier molecular flexibility index (Phi) is 10.9. The lowest BCUT2D eigenvalue weighted by molar-refractivity contribution is -0.135. The molecule has 0 bridgehead atoms.